The van der Waals surface area contributed by atoms with E-state index in [1.165, 1.54) is 12.1 Å². The van der Waals surface area contributed by atoms with Gasteiger partial charge in [-0.15, -0.1) is 0 Å². The van der Waals surface area contributed by atoms with E-state index >= 15 is 0 Å². The molecule has 1 aromatic carbocycles. The maximum Gasteiger partial charge on any atom is 0.339 e. The lowest BCUT2D eigenvalue weighted by atomic mass is 10.1. The van der Waals surface area contributed by atoms with Crippen LogP contribution in [0.5, 0.6) is 0 Å². The number of aromatic nitrogens is 1. The third kappa shape index (κ3) is 2.83. The normalized spacial score (nSPS) is 13.2. The highest BCUT2D eigenvalue weighted by Gasteiger charge is 2.38. The van der Waals surface area contributed by atoms with Crippen molar-refractivity contribution in [1.82, 2.24) is 10.0 Å². The second-order valence-corrected chi connectivity index (χ2v) is 5.10. The van der Waals surface area contributed by atoms with Gasteiger partial charge in [0.2, 0.25) is 0 Å². The quantitative estimate of drug-likeness (QED) is 0.807. The average molecular weight is 310 g/mol. The molecule has 2 heterocycles. The van der Waals surface area contributed by atoms with Crippen molar-refractivity contribution in [3.8, 4) is 0 Å². The Morgan fingerprint density at radius 3 is 2.26 bits per heavy atom. The molecule has 0 spiro atoms. The molecule has 0 N–H and O–H groups in total. The van der Waals surface area contributed by atoms with E-state index in [0.29, 0.717) is 10.8 Å². The summed E-state index contributed by atoms with van der Waals surface area (Å²) in [6.07, 6.45) is 2.43. The highest BCUT2D eigenvalue weighted by atomic mass is 16.7. The van der Waals surface area contributed by atoms with Crippen molar-refractivity contribution in [1.29, 1.82) is 0 Å². The van der Waals surface area contributed by atoms with Gasteiger partial charge in [-0.25, -0.2) is 4.79 Å². The van der Waals surface area contributed by atoms with Crippen LogP contribution in [-0.4, -0.2) is 27.8 Å². The molecular weight excluding hydrogens is 296 g/mol. The van der Waals surface area contributed by atoms with E-state index in [9.17, 15) is 14.4 Å². The first kappa shape index (κ1) is 14.9. The smallest absolute Gasteiger partial charge is 0.329 e. The number of aryl methyl sites for hydroxylation is 1. The zero-order chi connectivity index (χ0) is 16.4. The number of carbonyl (C=O) groups is 3. The minimum atomic E-state index is -0.712. The van der Waals surface area contributed by atoms with Gasteiger partial charge in [0.15, 0.2) is 0 Å². The summed E-state index contributed by atoms with van der Waals surface area (Å²) in [4.78, 5) is 45.2. The van der Waals surface area contributed by atoms with Crippen molar-refractivity contribution in [2.45, 2.75) is 19.8 Å². The lowest BCUT2D eigenvalue weighted by Crippen LogP contribution is -2.33. The Balaban J connectivity index is 1.69. The van der Waals surface area contributed by atoms with Crippen molar-refractivity contribution in [2.24, 2.45) is 0 Å². The number of benzene rings is 1. The van der Waals surface area contributed by atoms with E-state index in [1.807, 2.05) is 13.0 Å². The molecule has 0 saturated heterocycles. The molecule has 6 heteroatoms. The first-order chi connectivity index (χ1) is 11.1. The SMILES string of the molecule is CCc1ccc(CC(=O)ON2C(=O)c3ccccc3C2=O)nc1. The predicted octanol–water partition coefficient (Wildman–Crippen LogP) is 1.94. The number of carbonyl (C=O) groups excluding carboxylic acids is 3. The number of hydrogen-bond acceptors (Lipinski definition) is 5. The molecule has 23 heavy (non-hydrogen) atoms. The standard InChI is InChI=1S/C17H14N2O4/c1-2-11-7-8-12(18-10-11)9-15(20)23-19-16(21)13-5-3-4-6-14(13)17(19)22/h3-8,10H,2,9H2,1H3. The van der Waals surface area contributed by atoms with Crippen LogP contribution in [0.3, 0.4) is 0 Å². The molecule has 0 radical (unpaired) electrons. The maximum absolute atomic E-state index is 12.1. The number of rotatable bonds is 4. The van der Waals surface area contributed by atoms with E-state index in [0.717, 1.165) is 12.0 Å². The number of nitrogens with zero attached hydrogens (tertiary/aromatic N) is 2. The summed E-state index contributed by atoms with van der Waals surface area (Å²) in [5, 5.41) is 0.507. The lowest BCUT2D eigenvalue weighted by Gasteiger charge is -2.12. The van der Waals surface area contributed by atoms with Crippen molar-refractivity contribution < 1.29 is 19.2 Å². The molecule has 0 fully saturated rings. The minimum Gasteiger partial charge on any atom is -0.329 e. The molecule has 2 aromatic rings. The van der Waals surface area contributed by atoms with Gasteiger partial charge in [-0.2, -0.15) is 0 Å². The molecule has 1 aromatic heterocycles. The third-order valence-electron chi connectivity index (χ3n) is 3.57. The monoisotopic (exact) mass is 310 g/mol. The summed E-state index contributed by atoms with van der Waals surface area (Å²) in [6, 6.07) is 9.94. The fourth-order valence-corrected chi connectivity index (χ4v) is 2.30. The van der Waals surface area contributed by atoms with Crippen LogP contribution in [0.2, 0.25) is 0 Å². The van der Waals surface area contributed by atoms with E-state index in [1.54, 1.807) is 24.4 Å². The molecule has 0 atom stereocenters. The molecular formula is C17H14N2O4. The Morgan fingerprint density at radius 1 is 1.09 bits per heavy atom. The van der Waals surface area contributed by atoms with Crippen molar-refractivity contribution in [2.75, 3.05) is 0 Å². The van der Waals surface area contributed by atoms with Crippen molar-refractivity contribution in [3.63, 3.8) is 0 Å². The van der Waals surface area contributed by atoms with Crippen LogP contribution < -0.4 is 0 Å². The fraction of sp³-hybridized carbons (Fsp3) is 0.176. The number of fused-ring (bicyclic) bond motifs is 1. The first-order valence-corrected chi connectivity index (χ1v) is 7.22. The van der Waals surface area contributed by atoms with E-state index in [-0.39, 0.29) is 17.5 Å². The molecule has 1 aliphatic rings. The summed E-state index contributed by atoms with van der Waals surface area (Å²) in [7, 11) is 0. The molecule has 0 unspecified atom stereocenters. The molecule has 2 amide bonds. The Hall–Kier alpha value is -3.02. The van der Waals surface area contributed by atoms with Crippen LogP contribution in [0.25, 0.3) is 0 Å². The van der Waals surface area contributed by atoms with Gasteiger partial charge < -0.3 is 4.84 Å². The van der Waals surface area contributed by atoms with Crippen molar-refractivity contribution >= 4 is 17.8 Å². The second-order valence-electron chi connectivity index (χ2n) is 5.10. The van der Waals surface area contributed by atoms with Gasteiger partial charge in [0.05, 0.1) is 23.2 Å². The summed E-state index contributed by atoms with van der Waals surface area (Å²) < 4.78 is 0. The van der Waals surface area contributed by atoms with Gasteiger partial charge in [0.25, 0.3) is 11.8 Å². The number of pyridine rings is 1. The summed E-state index contributed by atoms with van der Waals surface area (Å²) >= 11 is 0. The van der Waals surface area contributed by atoms with Gasteiger partial charge in [-0.3, -0.25) is 14.6 Å². The average Bonchev–Trinajstić information content (AvgIpc) is 2.81. The molecule has 0 aliphatic carbocycles. The lowest BCUT2D eigenvalue weighted by molar-refractivity contribution is -0.167. The largest absolute Gasteiger partial charge is 0.339 e. The molecule has 0 bridgehead atoms. The van der Waals surface area contributed by atoms with E-state index < -0.39 is 17.8 Å². The number of amides is 2. The maximum atomic E-state index is 12.1. The highest BCUT2D eigenvalue weighted by Crippen LogP contribution is 2.22. The van der Waals surface area contributed by atoms with E-state index in [4.69, 9.17) is 4.84 Å². The molecule has 3 rings (SSSR count). The Kier molecular flexibility index (Phi) is 3.89. The van der Waals surface area contributed by atoms with Gasteiger partial charge in [-0.05, 0) is 30.2 Å². The van der Waals surface area contributed by atoms with Crippen LogP contribution in [0.4, 0.5) is 0 Å². The minimum absolute atomic E-state index is 0.114. The second kappa shape index (κ2) is 6.00. The third-order valence-corrected chi connectivity index (χ3v) is 3.57. The van der Waals surface area contributed by atoms with Gasteiger partial charge >= 0.3 is 5.97 Å². The molecule has 0 saturated carbocycles. The van der Waals surface area contributed by atoms with Crippen LogP contribution in [0.15, 0.2) is 42.6 Å². The van der Waals surface area contributed by atoms with Crippen molar-refractivity contribution in [3.05, 3.63) is 65.0 Å². The van der Waals surface area contributed by atoms with Crippen LogP contribution in [-0.2, 0) is 22.5 Å². The Bertz CT molecular complexity index is 748. The Labute approximate surface area is 132 Å². The van der Waals surface area contributed by atoms with Gasteiger partial charge in [0, 0.05) is 6.20 Å². The number of imide groups is 1. The zero-order valence-electron chi connectivity index (χ0n) is 12.5. The summed E-state index contributed by atoms with van der Waals surface area (Å²) in [6.45, 7) is 2.01. The topological polar surface area (TPSA) is 76.6 Å². The first-order valence-electron chi connectivity index (χ1n) is 7.22. The highest BCUT2D eigenvalue weighted by molar-refractivity contribution is 6.20. The van der Waals surface area contributed by atoms with Crippen LogP contribution >= 0.6 is 0 Å². The number of hydrogen-bond donors (Lipinski definition) is 0. The number of hydroxylamine groups is 2. The molecule has 6 nitrogen and oxygen atoms in total. The van der Waals surface area contributed by atoms with Crippen LogP contribution in [0, 0.1) is 0 Å². The molecule has 1 aliphatic heterocycles. The predicted molar refractivity (Wildman–Crippen MR) is 80.4 cm³/mol. The van der Waals surface area contributed by atoms with E-state index in [2.05, 4.69) is 4.98 Å². The van der Waals surface area contributed by atoms with Gasteiger partial charge in [0.1, 0.15) is 0 Å². The Morgan fingerprint density at radius 2 is 1.74 bits per heavy atom. The summed E-state index contributed by atoms with van der Waals surface area (Å²) in [5.74, 6) is -1.97. The summed E-state index contributed by atoms with van der Waals surface area (Å²) in [5.41, 5.74) is 2.04. The molecule has 116 valence electrons. The van der Waals surface area contributed by atoms with Crippen LogP contribution in [0.1, 0.15) is 38.9 Å². The fourth-order valence-electron chi connectivity index (χ4n) is 2.30. The zero-order valence-corrected chi connectivity index (χ0v) is 12.5. The van der Waals surface area contributed by atoms with Gasteiger partial charge in [-0.1, -0.05) is 30.2 Å².